The van der Waals surface area contributed by atoms with Gasteiger partial charge in [-0.05, 0) is 25.0 Å². The minimum absolute atomic E-state index is 0.595. The number of nitrogens with zero attached hydrogens (tertiary/aromatic N) is 3. The maximum absolute atomic E-state index is 5.37. The van der Waals surface area contributed by atoms with Crippen LogP contribution in [-0.4, -0.2) is 55.4 Å². The molecule has 0 spiro atoms. The number of anilines is 1. The summed E-state index contributed by atoms with van der Waals surface area (Å²) in [5.41, 5.74) is 3.64. The average Bonchev–Trinajstić information content (AvgIpc) is 2.50. The number of morpholine rings is 1. The molecule has 1 N–H and O–H groups in total. The summed E-state index contributed by atoms with van der Waals surface area (Å²) in [6.45, 7) is 5.86. The second-order valence-corrected chi connectivity index (χ2v) is 5.18. The van der Waals surface area contributed by atoms with Crippen LogP contribution in [0.4, 0.5) is 5.82 Å². The van der Waals surface area contributed by atoms with Gasteiger partial charge in [0.1, 0.15) is 5.82 Å². The molecule has 5 heteroatoms. The van der Waals surface area contributed by atoms with E-state index in [1.807, 2.05) is 12.3 Å². The van der Waals surface area contributed by atoms with Crippen LogP contribution >= 0.6 is 0 Å². The van der Waals surface area contributed by atoms with Crippen molar-refractivity contribution in [3.05, 3.63) is 24.4 Å². The summed E-state index contributed by atoms with van der Waals surface area (Å²) in [5.74, 6) is 1.10. The molecule has 5 nitrogen and oxygen atoms in total. The van der Waals surface area contributed by atoms with Crippen molar-refractivity contribution < 1.29 is 4.74 Å². The maximum atomic E-state index is 5.37. The van der Waals surface area contributed by atoms with Gasteiger partial charge in [-0.25, -0.2) is 9.99 Å². The van der Waals surface area contributed by atoms with E-state index in [2.05, 4.69) is 32.5 Å². The number of hydrogen-bond acceptors (Lipinski definition) is 5. The van der Waals surface area contributed by atoms with E-state index in [0.29, 0.717) is 6.04 Å². The summed E-state index contributed by atoms with van der Waals surface area (Å²) in [6, 6.07) is 6.71. The summed E-state index contributed by atoms with van der Waals surface area (Å²) in [6.07, 6.45) is 4.22. The Kier molecular flexibility index (Phi) is 4.27. The van der Waals surface area contributed by atoms with Crippen LogP contribution in [-0.2, 0) is 4.74 Å². The lowest BCUT2D eigenvalue weighted by molar-refractivity contribution is 0.00155. The molecule has 2 aliphatic heterocycles. The molecule has 19 heavy (non-hydrogen) atoms. The van der Waals surface area contributed by atoms with E-state index in [1.165, 1.54) is 12.8 Å². The normalized spacial score (nSPS) is 22.6. The molecule has 2 aliphatic rings. The molecular weight excluding hydrogens is 240 g/mol. The zero-order valence-corrected chi connectivity index (χ0v) is 11.3. The highest BCUT2D eigenvalue weighted by Crippen LogP contribution is 2.17. The number of aromatic nitrogens is 1. The minimum Gasteiger partial charge on any atom is -0.379 e. The van der Waals surface area contributed by atoms with E-state index in [-0.39, 0.29) is 0 Å². The molecule has 0 atom stereocenters. The Morgan fingerprint density at radius 2 is 1.89 bits per heavy atom. The Morgan fingerprint density at radius 1 is 1.11 bits per heavy atom. The quantitative estimate of drug-likeness (QED) is 0.876. The molecule has 0 radical (unpaired) electrons. The number of nitrogens with one attached hydrogen (secondary N) is 1. The standard InChI is InChI=1S/C14H22N4O/c1-2-6-15-14(3-1)17-7-4-13(5-8-17)16-18-9-11-19-12-10-18/h1-3,6,13,16H,4-5,7-12H2. The molecule has 3 heterocycles. The summed E-state index contributed by atoms with van der Waals surface area (Å²) >= 11 is 0. The highest BCUT2D eigenvalue weighted by atomic mass is 16.5. The smallest absolute Gasteiger partial charge is 0.128 e. The second-order valence-electron chi connectivity index (χ2n) is 5.18. The summed E-state index contributed by atoms with van der Waals surface area (Å²) in [7, 11) is 0. The van der Waals surface area contributed by atoms with E-state index < -0.39 is 0 Å². The first-order valence-corrected chi connectivity index (χ1v) is 7.17. The van der Waals surface area contributed by atoms with Crippen molar-refractivity contribution >= 4 is 5.82 Å². The van der Waals surface area contributed by atoms with Crippen LogP contribution in [0.5, 0.6) is 0 Å². The van der Waals surface area contributed by atoms with Gasteiger partial charge in [-0.2, -0.15) is 0 Å². The zero-order valence-electron chi connectivity index (χ0n) is 11.3. The molecule has 0 unspecified atom stereocenters. The van der Waals surface area contributed by atoms with E-state index >= 15 is 0 Å². The fourth-order valence-electron chi connectivity index (χ4n) is 2.73. The Morgan fingerprint density at radius 3 is 2.58 bits per heavy atom. The molecule has 1 aromatic heterocycles. The van der Waals surface area contributed by atoms with Crippen LogP contribution in [0.1, 0.15) is 12.8 Å². The van der Waals surface area contributed by atoms with Crippen LogP contribution < -0.4 is 10.3 Å². The largest absolute Gasteiger partial charge is 0.379 e. The lowest BCUT2D eigenvalue weighted by atomic mass is 10.1. The van der Waals surface area contributed by atoms with Crippen LogP contribution in [0, 0.1) is 0 Å². The molecule has 0 aromatic carbocycles. The molecule has 2 fully saturated rings. The number of pyridine rings is 1. The third kappa shape index (κ3) is 3.43. The first-order valence-electron chi connectivity index (χ1n) is 7.17. The van der Waals surface area contributed by atoms with Crippen LogP contribution in [0.2, 0.25) is 0 Å². The minimum atomic E-state index is 0.595. The molecule has 2 saturated heterocycles. The van der Waals surface area contributed by atoms with Gasteiger partial charge in [0, 0.05) is 38.4 Å². The summed E-state index contributed by atoms with van der Waals surface area (Å²) < 4.78 is 5.37. The zero-order chi connectivity index (χ0) is 12.9. The van der Waals surface area contributed by atoms with Gasteiger partial charge in [0.05, 0.1) is 13.2 Å². The topological polar surface area (TPSA) is 40.6 Å². The second kappa shape index (κ2) is 6.32. The van der Waals surface area contributed by atoms with Crippen LogP contribution in [0.15, 0.2) is 24.4 Å². The number of rotatable bonds is 3. The molecule has 0 saturated carbocycles. The van der Waals surface area contributed by atoms with Gasteiger partial charge in [-0.3, -0.25) is 5.43 Å². The molecule has 0 amide bonds. The van der Waals surface area contributed by atoms with Gasteiger partial charge in [0.2, 0.25) is 0 Å². The first kappa shape index (κ1) is 12.8. The van der Waals surface area contributed by atoms with Gasteiger partial charge in [-0.1, -0.05) is 6.07 Å². The Bertz CT molecular complexity index is 372. The van der Waals surface area contributed by atoms with Gasteiger partial charge < -0.3 is 9.64 Å². The highest BCUT2D eigenvalue weighted by Gasteiger charge is 2.22. The van der Waals surface area contributed by atoms with Crippen molar-refractivity contribution in [3.8, 4) is 0 Å². The lowest BCUT2D eigenvalue weighted by Gasteiger charge is -2.37. The molecule has 3 rings (SSSR count). The molecular formula is C14H22N4O. The predicted octanol–water partition coefficient (Wildman–Crippen LogP) is 0.887. The molecule has 104 valence electrons. The SMILES string of the molecule is c1ccc(N2CCC(NN3CCOCC3)CC2)nc1. The Hall–Kier alpha value is -1.17. The maximum Gasteiger partial charge on any atom is 0.128 e. The predicted molar refractivity (Wildman–Crippen MR) is 75.0 cm³/mol. The van der Waals surface area contributed by atoms with Crippen molar-refractivity contribution in [2.75, 3.05) is 44.3 Å². The first-order chi connectivity index (χ1) is 9.42. The van der Waals surface area contributed by atoms with Crippen molar-refractivity contribution in [2.24, 2.45) is 0 Å². The van der Waals surface area contributed by atoms with E-state index in [1.54, 1.807) is 0 Å². The average molecular weight is 262 g/mol. The van der Waals surface area contributed by atoms with Gasteiger partial charge in [0.15, 0.2) is 0 Å². The molecule has 1 aromatic rings. The third-order valence-corrected chi connectivity index (χ3v) is 3.84. The number of hydrazine groups is 1. The van der Waals surface area contributed by atoms with Crippen molar-refractivity contribution in [1.82, 2.24) is 15.4 Å². The number of hydrogen-bond donors (Lipinski definition) is 1. The summed E-state index contributed by atoms with van der Waals surface area (Å²) in [4.78, 5) is 6.79. The number of piperidine rings is 1. The lowest BCUT2D eigenvalue weighted by Crippen LogP contribution is -2.53. The van der Waals surface area contributed by atoms with E-state index in [4.69, 9.17) is 4.74 Å². The highest BCUT2D eigenvalue weighted by molar-refractivity contribution is 5.38. The van der Waals surface area contributed by atoms with Crippen molar-refractivity contribution in [2.45, 2.75) is 18.9 Å². The molecule has 0 bridgehead atoms. The van der Waals surface area contributed by atoms with E-state index in [0.717, 1.165) is 45.2 Å². The van der Waals surface area contributed by atoms with Crippen LogP contribution in [0.25, 0.3) is 0 Å². The van der Waals surface area contributed by atoms with E-state index in [9.17, 15) is 0 Å². The monoisotopic (exact) mass is 262 g/mol. The fraction of sp³-hybridized carbons (Fsp3) is 0.643. The molecule has 0 aliphatic carbocycles. The summed E-state index contributed by atoms with van der Waals surface area (Å²) in [5, 5.41) is 2.31. The number of ether oxygens (including phenoxy) is 1. The Labute approximate surface area is 114 Å². The van der Waals surface area contributed by atoms with Crippen molar-refractivity contribution in [3.63, 3.8) is 0 Å². The van der Waals surface area contributed by atoms with Gasteiger partial charge >= 0.3 is 0 Å². The third-order valence-electron chi connectivity index (χ3n) is 3.84. The fourth-order valence-corrected chi connectivity index (χ4v) is 2.73. The van der Waals surface area contributed by atoms with Gasteiger partial charge in [0.25, 0.3) is 0 Å². The van der Waals surface area contributed by atoms with Crippen molar-refractivity contribution in [1.29, 1.82) is 0 Å². The van der Waals surface area contributed by atoms with Gasteiger partial charge in [-0.15, -0.1) is 0 Å². The van der Waals surface area contributed by atoms with Crippen LogP contribution in [0.3, 0.4) is 0 Å². The Balaban J connectivity index is 1.46.